The lowest BCUT2D eigenvalue weighted by atomic mass is 10.3. The fourth-order valence-electron chi connectivity index (χ4n) is 1.70. The quantitative estimate of drug-likeness (QED) is 0.728. The predicted molar refractivity (Wildman–Crippen MR) is 78.3 cm³/mol. The summed E-state index contributed by atoms with van der Waals surface area (Å²) < 4.78 is 2.08. The third kappa shape index (κ3) is 2.19. The number of halogens is 1. The van der Waals surface area contributed by atoms with E-state index in [-0.39, 0.29) is 5.91 Å². The Bertz CT molecular complexity index is 671. The zero-order valence-electron chi connectivity index (χ0n) is 9.24. The number of nitrogens with one attached hydrogen (secondary N) is 2. The summed E-state index contributed by atoms with van der Waals surface area (Å²) in [5, 5.41) is 4.85. The van der Waals surface area contributed by atoms with E-state index in [0.717, 1.165) is 20.4 Å². The minimum absolute atomic E-state index is 0.124. The van der Waals surface area contributed by atoms with E-state index >= 15 is 0 Å². The van der Waals surface area contributed by atoms with Crippen LogP contribution in [0, 0.1) is 0 Å². The minimum atomic E-state index is -0.124. The highest BCUT2D eigenvalue weighted by molar-refractivity contribution is 9.10. The number of aromatic amines is 1. The van der Waals surface area contributed by atoms with Crippen LogP contribution < -0.4 is 5.32 Å². The molecule has 0 unspecified atom stereocenters. The molecule has 18 heavy (non-hydrogen) atoms. The Hall–Kier alpha value is -1.59. The van der Waals surface area contributed by atoms with Crippen LogP contribution in [0.5, 0.6) is 0 Å². The molecule has 0 aliphatic heterocycles. The number of fused-ring (bicyclic) bond motifs is 1. The highest BCUT2D eigenvalue weighted by Gasteiger charge is 2.10. The van der Waals surface area contributed by atoms with Crippen LogP contribution in [0.3, 0.4) is 0 Å². The van der Waals surface area contributed by atoms with E-state index in [2.05, 4.69) is 26.2 Å². The number of benzene rings is 1. The maximum atomic E-state index is 12.0. The fraction of sp³-hybridized carbons (Fsp3) is 0. The zero-order valence-corrected chi connectivity index (χ0v) is 11.6. The summed E-state index contributed by atoms with van der Waals surface area (Å²) in [4.78, 5) is 15.1. The number of anilines is 1. The minimum Gasteiger partial charge on any atom is -0.350 e. The van der Waals surface area contributed by atoms with Gasteiger partial charge in [-0.2, -0.15) is 0 Å². The lowest BCUT2D eigenvalue weighted by Crippen LogP contribution is -2.11. The van der Waals surface area contributed by atoms with Crippen molar-refractivity contribution in [2.24, 2.45) is 0 Å². The van der Waals surface area contributed by atoms with Crippen molar-refractivity contribution in [1.29, 1.82) is 0 Å². The van der Waals surface area contributed by atoms with Crippen molar-refractivity contribution in [2.75, 3.05) is 5.32 Å². The van der Waals surface area contributed by atoms with E-state index in [1.807, 2.05) is 41.8 Å². The molecule has 0 radical (unpaired) electrons. The normalized spacial score (nSPS) is 10.7. The molecule has 1 amide bonds. The van der Waals surface area contributed by atoms with E-state index in [1.165, 1.54) is 0 Å². The zero-order chi connectivity index (χ0) is 12.5. The van der Waals surface area contributed by atoms with E-state index < -0.39 is 0 Å². The molecule has 2 heterocycles. The molecule has 3 rings (SSSR count). The number of carbonyl (C=O) groups excluding carboxylic acids is 1. The Balaban J connectivity index is 1.82. The molecular formula is C13H9BrN2OS. The first-order chi connectivity index (χ1) is 8.72. The van der Waals surface area contributed by atoms with Gasteiger partial charge in [0.15, 0.2) is 0 Å². The standard InChI is InChI=1S/C13H9BrN2OS/c14-8-1-3-9(4-2-8)15-13(17)11-7-12-10(16-11)5-6-18-12/h1-7,16H,(H,15,17). The third-order valence-corrected chi connectivity index (χ3v) is 3.98. The van der Waals surface area contributed by atoms with Crippen LogP contribution in [0.15, 0.2) is 46.3 Å². The van der Waals surface area contributed by atoms with Crippen LogP contribution in [0.25, 0.3) is 10.2 Å². The second-order valence-corrected chi connectivity index (χ2v) is 5.71. The number of amides is 1. The molecule has 0 aliphatic rings. The van der Waals surface area contributed by atoms with Gasteiger partial charge in [0.1, 0.15) is 5.69 Å². The molecule has 2 N–H and O–H groups in total. The maximum absolute atomic E-state index is 12.0. The number of hydrogen-bond donors (Lipinski definition) is 2. The first-order valence-electron chi connectivity index (χ1n) is 5.35. The largest absolute Gasteiger partial charge is 0.350 e. The van der Waals surface area contributed by atoms with Gasteiger partial charge < -0.3 is 10.3 Å². The van der Waals surface area contributed by atoms with Crippen molar-refractivity contribution in [1.82, 2.24) is 4.98 Å². The third-order valence-electron chi connectivity index (χ3n) is 2.59. The van der Waals surface area contributed by atoms with Gasteiger partial charge in [-0.1, -0.05) is 15.9 Å². The molecule has 3 nitrogen and oxygen atoms in total. The Labute approximate surface area is 116 Å². The number of aromatic nitrogens is 1. The molecule has 90 valence electrons. The number of hydrogen-bond acceptors (Lipinski definition) is 2. The summed E-state index contributed by atoms with van der Waals surface area (Å²) in [6.07, 6.45) is 0. The van der Waals surface area contributed by atoms with Crippen LogP contribution >= 0.6 is 27.3 Å². The second-order valence-electron chi connectivity index (χ2n) is 3.84. The van der Waals surface area contributed by atoms with Gasteiger partial charge in [-0.25, -0.2) is 0 Å². The Morgan fingerprint density at radius 3 is 2.72 bits per heavy atom. The summed E-state index contributed by atoms with van der Waals surface area (Å²) in [6.45, 7) is 0. The molecular weight excluding hydrogens is 312 g/mol. The fourth-order valence-corrected chi connectivity index (χ4v) is 2.75. The van der Waals surface area contributed by atoms with Gasteiger partial charge in [-0.05, 0) is 41.8 Å². The van der Waals surface area contributed by atoms with Gasteiger partial charge in [0, 0.05) is 10.2 Å². The molecule has 5 heteroatoms. The van der Waals surface area contributed by atoms with Gasteiger partial charge >= 0.3 is 0 Å². The number of rotatable bonds is 2. The molecule has 2 aromatic heterocycles. The smallest absolute Gasteiger partial charge is 0.272 e. The van der Waals surface area contributed by atoms with Gasteiger partial charge in [0.2, 0.25) is 0 Å². The van der Waals surface area contributed by atoms with E-state index in [1.54, 1.807) is 11.3 Å². The van der Waals surface area contributed by atoms with Crippen LogP contribution in [0.4, 0.5) is 5.69 Å². The Kier molecular flexibility index (Phi) is 2.93. The average molecular weight is 321 g/mol. The van der Waals surface area contributed by atoms with Gasteiger partial charge in [0.05, 0.1) is 10.2 Å². The second kappa shape index (κ2) is 4.59. The molecule has 0 aliphatic carbocycles. The predicted octanol–water partition coefficient (Wildman–Crippen LogP) is 4.24. The molecule has 0 spiro atoms. The van der Waals surface area contributed by atoms with Crippen molar-refractivity contribution >= 4 is 49.1 Å². The summed E-state index contributed by atoms with van der Waals surface area (Å²) in [7, 11) is 0. The number of H-pyrrole nitrogens is 1. The molecule has 1 aromatic carbocycles. The van der Waals surface area contributed by atoms with E-state index in [0.29, 0.717) is 5.69 Å². The lowest BCUT2D eigenvalue weighted by Gasteiger charge is -2.03. The average Bonchev–Trinajstić information content (AvgIpc) is 2.92. The van der Waals surface area contributed by atoms with Crippen LogP contribution in [0.1, 0.15) is 10.5 Å². The topological polar surface area (TPSA) is 44.9 Å². The molecule has 0 bridgehead atoms. The molecule has 0 atom stereocenters. The van der Waals surface area contributed by atoms with Crippen molar-refractivity contribution in [3.8, 4) is 0 Å². The van der Waals surface area contributed by atoms with Crippen molar-refractivity contribution in [3.05, 3.63) is 51.9 Å². The molecule has 0 saturated carbocycles. The first kappa shape index (κ1) is 11.5. The van der Waals surface area contributed by atoms with Crippen LogP contribution in [-0.4, -0.2) is 10.9 Å². The summed E-state index contributed by atoms with van der Waals surface area (Å²) in [6, 6.07) is 11.3. The summed E-state index contributed by atoms with van der Waals surface area (Å²) >= 11 is 4.97. The highest BCUT2D eigenvalue weighted by Crippen LogP contribution is 2.22. The first-order valence-corrected chi connectivity index (χ1v) is 7.03. The highest BCUT2D eigenvalue weighted by atomic mass is 79.9. The van der Waals surface area contributed by atoms with E-state index in [4.69, 9.17) is 0 Å². The number of carbonyl (C=O) groups is 1. The van der Waals surface area contributed by atoms with Crippen LogP contribution in [0.2, 0.25) is 0 Å². The Morgan fingerprint density at radius 2 is 2.00 bits per heavy atom. The van der Waals surface area contributed by atoms with E-state index in [9.17, 15) is 4.79 Å². The van der Waals surface area contributed by atoms with Gasteiger partial charge in [-0.3, -0.25) is 4.79 Å². The molecule has 0 saturated heterocycles. The lowest BCUT2D eigenvalue weighted by molar-refractivity contribution is 0.102. The van der Waals surface area contributed by atoms with Crippen molar-refractivity contribution < 1.29 is 4.79 Å². The molecule has 3 aromatic rings. The molecule has 0 fully saturated rings. The summed E-state index contributed by atoms with van der Waals surface area (Å²) in [5.74, 6) is -0.124. The monoisotopic (exact) mass is 320 g/mol. The van der Waals surface area contributed by atoms with Crippen molar-refractivity contribution in [2.45, 2.75) is 0 Å². The summed E-state index contributed by atoms with van der Waals surface area (Å²) in [5.41, 5.74) is 2.36. The SMILES string of the molecule is O=C(Nc1ccc(Br)cc1)c1cc2sccc2[nH]1. The van der Waals surface area contributed by atoms with Crippen LogP contribution in [-0.2, 0) is 0 Å². The Morgan fingerprint density at radius 1 is 1.22 bits per heavy atom. The number of thiophene rings is 1. The maximum Gasteiger partial charge on any atom is 0.272 e. The van der Waals surface area contributed by atoms with Gasteiger partial charge in [0.25, 0.3) is 5.91 Å². The van der Waals surface area contributed by atoms with Crippen molar-refractivity contribution in [3.63, 3.8) is 0 Å². The van der Waals surface area contributed by atoms with Gasteiger partial charge in [-0.15, -0.1) is 11.3 Å².